The van der Waals surface area contributed by atoms with Crippen LogP contribution in [-0.2, 0) is 6.54 Å². The Morgan fingerprint density at radius 3 is 2.94 bits per heavy atom. The van der Waals surface area contributed by atoms with Gasteiger partial charge in [0.1, 0.15) is 5.82 Å². The SMILES string of the molecule is Cc1nccn1CCC[C@H]1CCCC1(F)F. The average Bonchev–Trinajstić information content (AvgIpc) is 2.75. The van der Waals surface area contributed by atoms with E-state index in [2.05, 4.69) is 4.98 Å². The molecule has 0 aromatic carbocycles. The van der Waals surface area contributed by atoms with Crippen LogP contribution >= 0.6 is 0 Å². The topological polar surface area (TPSA) is 17.8 Å². The molecule has 4 heteroatoms. The molecule has 0 radical (unpaired) electrons. The first-order chi connectivity index (χ1) is 7.59. The van der Waals surface area contributed by atoms with Gasteiger partial charge in [-0.1, -0.05) is 0 Å². The fraction of sp³-hybridized carbons (Fsp3) is 0.750. The van der Waals surface area contributed by atoms with Gasteiger partial charge in [-0.15, -0.1) is 0 Å². The normalized spacial score (nSPS) is 23.8. The summed E-state index contributed by atoms with van der Waals surface area (Å²) in [7, 11) is 0. The van der Waals surface area contributed by atoms with Crippen molar-refractivity contribution in [2.24, 2.45) is 5.92 Å². The van der Waals surface area contributed by atoms with Crippen LogP contribution in [0.3, 0.4) is 0 Å². The number of hydrogen-bond donors (Lipinski definition) is 0. The molecular formula is C12H18F2N2. The summed E-state index contributed by atoms with van der Waals surface area (Å²) in [6, 6.07) is 0. The molecule has 90 valence electrons. The summed E-state index contributed by atoms with van der Waals surface area (Å²) in [6.07, 6.45) is 6.56. The molecule has 2 nitrogen and oxygen atoms in total. The van der Waals surface area contributed by atoms with E-state index in [1.54, 1.807) is 6.20 Å². The molecule has 2 rings (SSSR count). The summed E-state index contributed by atoms with van der Waals surface area (Å²) in [4.78, 5) is 4.11. The van der Waals surface area contributed by atoms with Crippen molar-refractivity contribution in [3.63, 3.8) is 0 Å². The van der Waals surface area contributed by atoms with Crippen molar-refractivity contribution in [2.45, 2.75) is 51.5 Å². The van der Waals surface area contributed by atoms with Crippen LogP contribution in [0.4, 0.5) is 8.78 Å². The minimum absolute atomic E-state index is 0.0851. The number of hydrogen-bond acceptors (Lipinski definition) is 1. The van der Waals surface area contributed by atoms with Crippen molar-refractivity contribution in [1.82, 2.24) is 9.55 Å². The van der Waals surface area contributed by atoms with E-state index in [4.69, 9.17) is 0 Å². The van der Waals surface area contributed by atoms with E-state index in [9.17, 15) is 8.78 Å². The van der Waals surface area contributed by atoms with Crippen molar-refractivity contribution in [2.75, 3.05) is 0 Å². The van der Waals surface area contributed by atoms with Crippen LogP contribution in [0.25, 0.3) is 0 Å². The van der Waals surface area contributed by atoms with E-state index in [1.807, 2.05) is 17.7 Å². The molecule has 1 saturated carbocycles. The van der Waals surface area contributed by atoms with Gasteiger partial charge in [0.25, 0.3) is 5.92 Å². The van der Waals surface area contributed by atoms with E-state index in [0.717, 1.165) is 18.8 Å². The van der Waals surface area contributed by atoms with Crippen LogP contribution in [0, 0.1) is 12.8 Å². The van der Waals surface area contributed by atoms with Crippen molar-refractivity contribution >= 4 is 0 Å². The summed E-state index contributed by atoms with van der Waals surface area (Å²) < 4.78 is 28.7. The minimum atomic E-state index is -2.41. The van der Waals surface area contributed by atoms with Crippen LogP contribution in [0.1, 0.15) is 37.9 Å². The fourth-order valence-corrected chi connectivity index (χ4v) is 2.50. The number of alkyl halides is 2. The molecular weight excluding hydrogens is 210 g/mol. The lowest BCUT2D eigenvalue weighted by Crippen LogP contribution is -2.21. The number of aromatic nitrogens is 2. The fourth-order valence-electron chi connectivity index (χ4n) is 2.50. The molecule has 1 heterocycles. The van der Waals surface area contributed by atoms with E-state index in [0.29, 0.717) is 19.3 Å². The van der Waals surface area contributed by atoms with Crippen molar-refractivity contribution < 1.29 is 8.78 Å². The Labute approximate surface area is 94.7 Å². The van der Waals surface area contributed by atoms with Gasteiger partial charge in [0.05, 0.1) is 0 Å². The number of nitrogens with zero attached hydrogens (tertiary/aromatic N) is 2. The van der Waals surface area contributed by atoms with E-state index in [1.165, 1.54) is 0 Å². The third-order valence-corrected chi connectivity index (χ3v) is 3.54. The first-order valence-electron chi connectivity index (χ1n) is 5.95. The molecule has 0 unspecified atom stereocenters. The minimum Gasteiger partial charge on any atom is -0.335 e. The maximum Gasteiger partial charge on any atom is 0.250 e. The number of halogens is 2. The molecule has 16 heavy (non-hydrogen) atoms. The highest BCUT2D eigenvalue weighted by molar-refractivity contribution is 4.89. The Morgan fingerprint density at radius 2 is 2.38 bits per heavy atom. The Hall–Kier alpha value is -0.930. The van der Waals surface area contributed by atoms with Gasteiger partial charge in [-0.25, -0.2) is 13.8 Å². The van der Waals surface area contributed by atoms with E-state index >= 15 is 0 Å². The van der Waals surface area contributed by atoms with Crippen LogP contribution in [0.5, 0.6) is 0 Å². The summed E-state index contributed by atoms with van der Waals surface area (Å²) in [5.41, 5.74) is 0. The van der Waals surface area contributed by atoms with Gasteiger partial charge in [0.2, 0.25) is 0 Å². The van der Waals surface area contributed by atoms with Gasteiger partial charge in [-0.3, -0.25) is 0 Å². The molecule has 1 aliphatic carbocycles. The smallest absolute Gasteiger partial charge is 0.250 e. The summed E-state index contributed by atoms with van der Waals surface area (Å²) in [5.74, 6) is -1.85. The summed E-state index contributed by atoms with van der Waals surface area (Å²) >= 11 is 0. The summed E-state index contributed by atoms with van der Waals surface area (Å²) in [6.45, 7) is 2.74. The zero-order chi connectivity index (χ0) is 11.6. The predicted octanol–water partition coefficient (Wildman–Crippen LogP) is 3.41. The Kier molecular flexibility index (Phi) is 3.26. The lowest BCUT2D eigenvalue weighted by atomic mass is 9.99. The molecule has 1 fully saturated rings. The maximum atomic E-state index is 13.3. The molecule has 0 N–H and O–H groups in total. The van der Waals surface area contributed by atoms with Crippen LogP contribution in [0.2, 0.25) is 0 Å². The molecule has 1 aliphatic rings. The number of imidazole rings is 1. The second-order valence-electron chi connectivity index (χ2n) is 4.66. The van der Waals surface area contributed by atoms with Gasteiger partial charge in [0, 0.05) is 31.3 Å². The molecule has 0 amide bonds. The molecule has 1 atom stereocenters. The van der Waals surface area contributed by atoms with Crippen molar-refractivity contribution in [3.05, 3.63) is 18.2 Å². The predicted molar refractivity (Wildman–Crippen MR) is 58.5 cm³/mol. The third-order valence-electron chi connectivity index (χ3n) is 3.54. The standard InChI is InChI=1S/C12H18F2N2/c1-10-15-7-9-16(10)8-3-5-11-4-2-6-12(11,13)14/h7,9,11H,2-6,8H2,1H3/t11-/m1/s1. The van der Waals surface area contributed by atoms with Crippen molar-refractivity contribution in [3.8, 4) is 0 Å². The highest BCUT2D eigenvalue weighted by atomic mass is 19.3. The van der Waals surface area contributed by atoms with Crippen LogP contribution in [-0.4, -0.2) is 15.5 Å². The van der Waals surface area contributed by atoms with Gasteiger partial charge >= 0.3 is 0 Å². The Balaban J connectivity index is 1.78. The quantitative estimate of drug-likeness (QED) is 0.772. The second-order valence-corrected chi connectivity index (χ2v) is 4.66. The van der Waals surface area contributed by atoms with Gasteiger partial charge < -0.3 is 4.57 Å². The Bertz CT molecular complexity index is 347. The largest absolute Gasteiger partial charge is 0.335 e. The summed E-state index contributed by atoms with van der Waals surface area (Å²) in [5, 5.41) is 0. The average molecular weight is 228 g/mol. The monoisotopic (exact) mass is 228 g/mol. The zero-order valence-corrected chi connectivity index (χ0v) is 9.63. The van der Waals surface area contributed by atoms with Crippen molar-refractivity contribution in [1.29, 1.82) is 0 Å². The number of rotatable bonds is 4. The second kappa shape index (κ2) is 4.52. The van der Waals surface area contributed by atoms with Crippen LogP contribution < -0.4 is 0 Å². The highest BCUT2D eigenvalue weighted by Gasteiger charge is 2.42. The lowest BCUT2D eigenvalue weighted by Gasteiger charge is -2.18. The third kappa shape index (κ3) is 2.42. The molecule has 0 saturated heterocycles. The Morgan fingerprint density at radius 1 is 1.56 bits per heavy atom. The lowest BCUT2D eigenvalue weighted by molar-refractivity contribution is -0.0402. The molecule has 0 aliphatic heterocycles. The molecule has 0 spiro atoms. The van der Waals surface area contributed by atoms with Crippen LogP contribution in [0.15, 0.2) is 12.4 Å². The zero-order valence-electron chi connectivity index (χ0n) is 9.63. The maximum absolute atomic E-state index is 13.3. The number of aryl methyl sites for hydroxylation is 2. The van der Waals surface area contributed by atoms with Gasteiger partial charge in [0.15, 0.2) is 0 Å². The van der Waals surface area contributed by atoms with E-state index in [-0.39, 0.29) is 6.42 Å². The first-order valence-corrected chi connectivity index (χ1v) is 5.95. The van der Waals surface area contributed by atoms with Gasteiger partial charge in [-0.05, 0) is 32.6 Å². The first kappa shape index (κ1) is 11.6. The molecule has 0 bridgehead atoms. The molecule has 1 aromatic rings. The van der Waals surface area contributed by atoms with Gasteiger partial charge in [-0.2, -0.15) is 0 Å². The highest BCUT2D eigenvalue weighted by Crippen LogP contribution is 2.42. The molecule has 1 aromatic heterocycles. The van der Waals surface area contributed by atoms with E-state index < -0.39 is 11.8 Å².